The zero-order valence-electron chi connectivity index (χ0n) is 12.0. The van der Waals surface area contributed by atoms with Gasteiger partial charge >= 0.3 is 142 Å². The molecule has 0 spiro atoms. The second kappa shape index (κ2) is 6.88. The predicted molar refractivity (Wildman–Crippen MR) is 89.2 cm³/mol. The maximum atomic E-state index is 14.3. The number of hydrogen-bond donors (Lipinski definition) is 0. The molecule has 0 unspecified atom stereocenters. The van der Waals surface area contributed by atoms with E-state index in [4.69, 9.17) is 0 Å². The maximum absolute atomic E-state index is 14.3. The van der Waals surface area contributed by atoms with Crippen LogP contribution in [-0.2, 0) is 0 Å². The van der Waals surface area contributed by atoms with Gasteiger partial charge < -0.3 is 0 Å². The van der Waals surface area contributed by atoms with Crippen molar-refractivity contribution in [3.8, 4) is 0 Å². The Balaban J connectivity index is 2.33. The van der Waals surface area contributed by atoms with E-state index in [1.165, 1.54) is 0 Å². The summed E-state index contributed by atoms with van der Waals surface area (Å²) in [6, 6.07) is 16.7. The van der Waals surface area contributed by atoms with Crippen molar-refractivity contribution in [3.63, 3.8) is 0 Å². The fourth-order valence-electron chi connectivity index (χ4n) is 2.17. The van der Waals surface area contributed by atoms with Gasteiger partial charge in [0.25, 0.3) is 0 Å². The first kappa shape index (κ1) is 16.9. The third-order valence-corrected chi connectivity index (χ3v) is 9.20. The topological polar surface area (TPSA) is 0 Å². The monoisotopic (exact) mass is 448 g/mol. The Morgan fingerprint density at radius 1 is 0.458 bits per heavy atom. The molecule has 0 heterocycles. The molecule has 0 aliphatic carbocycles. The van der Waals surface area contributed by atoms with Gasteiger partial charge in [0.1, 0.15) is 0 Å². The van der Waals surface area contributed by atoms with E-state index in [0.29, 0.717) is 7.14 Å². The van der Waals surface area contributed by atoms with Crippen LogP contribution in [0, 0.1) is 39.8 Å². The van der Waals surface area contributed by atoms with Crippen molar-refractivity contribution < 1.29 is 22.0 Å². The van der Waals surface area contributed by atoms with Crippen LogP contribution in [0.15, 0.2) is 60.7 Å². The van der Waals surface area contributed by atoms with Crippen molar-refractivity contribution >= 4 is 19.8 Å². The summed E-state index contributed by atoms with van der Waals surface area (Å²) in [5.41, 5.74) is 0. The number of halogens is 6. The Kier molecular flexibility index (Phi) is 4.84. The number of rotatable bonds is 3. The molecule has 0 N–H and O–H groups in total. The van der Waals surface area contributed by atoms with Crippen molar-refractivity contribution in [2.45, 2.75) is 0 Å². The molecule has 0 amide bonds. The molecule has 3 aromatic carbocycles. The Morgan fingerprint density at radius 2 is 0.792 bits per heavy atom. The molecule has 0 bridgehead atoms. The van der Waals surface area contributed by atoms with Crippen LogP contribution in [0.25, 0.3) is 0 Å². The Hall–Kier alpha value is -1.96. The molecule has 0 nitrogen and oxygen atoms in total. The van der Waals surface area contributed by atoms with Gasteiger partial charge in [0.15, 0.2) is 0 Å². The molecule has 24 heavy (non-hydrogen) atoms. The van der Waals surface area contributed by atoms with Gasteiger partial charge in [-0.2, -0.15) is 0 Å². The minimum absolute atomic E-state index is 0.580. The van der Waals surface area contributed by atoms with Gasteiger partial charge in [-0.15, -0.1) is 0 Å². The third kappa shape index (κ3) is 2.90. The molecule has 3 aromatic rings. The summed E-state index contributed by atoms with van der Waals surface area (Å²) in [4.78, 5) is 0. The zero-order valence-corrected chi connectivity index (χ0v) is 14.2. The molecule has 0 atom stereocenters. The van der Waals surface area contributed by atoms with Crippen molar-refractivity contribution in [2.75, 3.05) is 0 Å². The third-order valence-electron chi connectivity index (χ3n) is 3.25. The Morgan fingerprint density at radius 3 is 1.17 bits per heavy atom. The van der Waals surface area contributed by atoms with Crippen LogP contribution in [0.2, 0.25) is 0 Å². The van der Waals surface area contributed by atoms with Gasteiger partial charge in [-0.25, -0.2) is 0 Å². The average Bonchev–Trinajstić information content (AvgIpc) is 2.63. The molecule has 0 fully saturated rings. The summed E-state index contributed by atoms with van der Waals surface area (Å²) in [7, 11) is 0. The summed E-state index contributed by atoms with van der Waals surface area (Å²) < 4.78 is 69.8. The summed E-state index contributed by atoms with van der Waals surface area (Å²) in [6.45, 7) is 0. The first-order valence-electron chi connectivity index (χ1n) is 6.83. The second-order valence-corrected chi connectivity index (χ2v) is 9.95. The van der Waals surface area contributed by atoms with E-state index in [-0.39, 0.29) is 0 Å². The fourth-order valence-corrected chi connectivity index (χ4v) is 7.82. The molecule has 3 rings (SSSR count). The van der Waals surface area contributed by atoms with Crippen molar-refractivity contribution in [1.29, 1.82) is 0 Å². The molecule has 0 saturated heterocycles. The first-order valence-corrected chi connectivity index (χ1v) is 10.1. The standard InChI is InChI=1S/C18H10F5I/c19-13-14(20)16(22)18(17(23)15(13)21)24(11-7-3-1-4-8-11)12-9-5-2-6-10-12/h1-10H. The summed E-state index contributed by atoms with van der Waals surface area (Å²) in [5.74, 6) is -9.43. The molecule has 0 radical (unpaired) electrons. The van der Waals surface area contributed by atoms with Gasteiger partial charge in [-0.1, -0.05) is 0 Å². The normalized spacial score (nSPS) is 11.5. The van der Waals surface area contributed by atoms with Crippen LogP contribution in [0.4, 0.5) is 22.0 Å². The van der Waals surface area contributed by atoms with E-state index in [1.54, 1.807) is 60.7 Å². The molecule has 124 valence electrons. The van der Waals surface area contributed by atoms with Crippen LogP contribution in [-0.4, -0.2) is 0 Å². The summed E-state index contributed by atoms with van der Waals surface area (Å²) in [5, 5.41) is 0. The van der Waals surface area contributed by atoms with Crippen LogP contribution < -0.4 is 0 Å². The van der Waals surface area contributed by atoms with Crippen molar-refractivity contribution in [3.05, 3.63) is 100 Å². The minimum atomic E-state index is -3.08. The van der Waals surface area contributed by atoms with Crippen molar-refractivity contribution in [1.82, 2.24) is 0 Å². The van der Waals surface area contributed by atoms with Crippen molar-refractivity contribution in [2.24, 2.45) is 0 Å². The molecular formula is C18H10F5I. The summed E-state index contributed by atoms with van der Waals surface area (Å²) in [6.07, 6.45) is 0. The molecule has 0 aromatic heterocycles. The predicted octanol–water partition coefficient (Wildman–Crippen LogP) is 5.80. The van der Waals surface area contributed by atoms with Crippen LogP contribution in [0.1, 0.15) is 0 Å². The van der Waals surface area contributed by atoms with Gasteiger partial charge in [0, 0.05) is 0 Å². The Labute approximate surface area is 142 Å². The van der Waals surface area contributed by atoms with Crippen LogP contribution in [0.5, 0.6) is 0 Å². The van der Waals surface area contributed by atoms with E-state index in [2.05, 4.69) is 0 Å². The molecule has 6 heteroatoms. The van der Waals surface area contributed by atoms with E-state index in [0.717, 1.165) is 0 Å². The molecule has 0 aliphatic rings. The van der Waals surface area contributed by atoms with E-state index in [9.17, 15) is 22.0 Å². The molecule has 0 saturated carbocycles. The quantitative estimate of drug-likeness (QED) is 0.206. The fraction of sp³-hybridized carbons (Fsp3) is 0. The van der Waals surface area contributed by atoms with E-state index < -0.39 is 52.5 Å². The van der Waals surface area contributed by atoms with Crippen LogP contribution in [0.3, 0.4) is 0 Å². The van der Waals surface area contributed by atoms with Gasteiger partial charge in [-0.05, 0) is 0 Å². The second-order valence-electron chi connectivity index (χ2n) is 4.76. The van der Waals surface area contributed by atoms with E-state index in [1.807, 2.05) is 0 Å². The van der Waals surface area contributed by atoms with Crippen LogP contribution >= 0.6 is 19.8 Å². The number of hydrogen-bond acceptors (Lipinski definition) is 0. The first-order chi connectivity index (χ1) is 11.5. The van der Waals surface area contributed by atoms with Gasteiger partial charge in [-0.3, -0.25) is 0 Å². The Bertz CT molecular complexity index is 797. The van der Waals surface area contributed by atoms with Gasteiger partial charge in [0.05, 0.1) is 0 Å². The summed E-state index contributed by atoms with van der Waals surface area (Å²) >= 11 is -3.08. The molecular weight excluding hydrogens is 438 g/mol. The zero-order chi connectivity index (χ0) is 17.3. The molecule has 0 aliphatic heterocycles. The van der Waals surface area contributed by atoms with Gasteiger partial charge in [0.2, 0.25) is 0 Å². The average molecular weight is 448 g/mol. The number of benzene rings is 3. The van der Waals surface area contributed by atoms with E-state index >= 15 is 0 Å². The SMILES string of the molecule is Fc1c(F)c(F)c(I(c2ccccc2)c2ccccc2)c(F)c1F.